The fourth-order valence-corrected chi connectivity index (χ4v) is 1.71. The molecule has 0 spiro atoms. The Labute approximate surface area is 102 Å². The Balaban J connectivity index is 2.87. The molecule has 1 atom stereocenters. The van der Waals surface area contributed by atoms with E-state index in [1.54, 1.807) is 26.0 Å². The lowest BCUT2D eigenvalue weighted by Gasteiger charge is -2.20. The molecule has 94 valence electrons. The van der Waals surface area contributed by atoms with E-state index in [4.69, 9.17) is 10.5 Å². The molecule has 0 aromatic heterocycles. The Morgan fingerprint density at radius 2 is 2.18 bits per heavy atom. The van der Waals surface area contributed by atoms with Crippen molar-refractivity contribution in [2.75, 3.05) is 14.2 Å². The molecule has 0 aliphatic carbocycles. The molecular formula is C13H20N2O2. The minimum absolute atomic E-state index is 0.0754. The molecule has 0 aliphatic heterocycles. The number of hydrogen-bond donors (Lipinski definition) is 1. The van der Waals surface area contributed by atoms with Gasteiger partial charge >= 0.3 is 0 Å². The van der Waals surface area contributed by atoms with Crippen molar-refractivity contribution in [3.05, 3.63) is 29.3 Å². The van der Waals surface area contributed by atoms with Gasteiger partial charge in [-0.3, -0.25) is 4.79 Å². The molecule has 0 bridgehead atoms. The van der Waals surface area contributed by atoms with Gasteiger partial charge in [-0.15, -0.1) is 0 Å². The van der Waals surface area contributed by atoms with E-state index >= 15 is 0 Å². The summed E-state index contributed by atoms with van der Waals surface area (Å²) in [6.45, 7) is 4.20. The van der Waals surface area contributed by atoms with Crippen LogP contribution in [0.3, 0.4) is 0 Å². The molecule has 4 nitrogen and oxygen atoms in total. The predicted molar refractivity (Wildman–Crippen MR) is 67.9 cm³/mol. The third-order valence-corrected chi connectivity index (χ3v) is 2.61. The second kappa shape index (κ2) is 5.68. The van der Waals surface area contributed by atoms with Gasteiger partial charge in [0.15, 0.2) is 0 Å². The summed E-state index contributed by atoms with van der Waals surface area (Å²) in [5.41, 5.74) is 7.70. The molecule has 0 fully saturated rings. The van der Waals surface area contributed by atoms with Crippen molar-refractivity contribution in [1.29, 1.82) is 0 Å². The quantitative estimate of drug-likeness (QED) is 0.857. The number of carbonyl (C=O) groups is 1. The van der Waals surface area contributed by atoms with Crippen LogP contribution in [0.2, 0.25) is 0 Å². The van der Waals surface area contributed by atoms with E-state index < -0.39 is 6.04 Å². The average Bonchev–Trinajstić information content (AvgIpc) is 2.28. The molecule has 0 heterocycles. The zero-order chi connectivity index (χ0) is 13.0. The topological polar surface area (TPSA) is 55.6 Å². The second-order valence-corrected chi connectivity index (χ2v) is 4.30. The van der Waals surface area contributed by atoms with E-state index in [1.165, 1.54) is 0 Å². The van der Waals surface area contributed by atoms with Gasteiger partial charge < -0.3 is 15.4 Å². The number of rotatable bonds is 4. The normalized spacial score (nSPS) is 12.1. The fraction of sp³-hybridized carbons (Fsp3) is 0.462. The highest BCUT2D eigenvalue weighted by atomic mass is 16.5. The number of amides is 1. The lowest BCUT2D eigenvalue weighted by atomic mass is 10.1. The van der Waals surface area contributed by atoms with Crippen LogP contribution in [-0.4, -0.2) is 31.0 Å². The first-order chi connectivity index (χ1) is 7.95. The number of nitrogens with two attached hydrogens (primary N) is 1. The van der Waals surface area contributed by atoms with Crippen molar-refractivity contribution in [3.8, 4) is 5.75 Å². The zero-order valence-electron chi connectivity index (χ0n) is 10.9. The average molecular weight is 236 g/mol. The molecule has 1 unspecified atom stereocenters. The molecule has 4 heteroatoms. The van der Waals surface area contributed by atoms with Gasteiger partial charge in [0.05, 0.1) is 13.2 Å². The Bertz CT molecular complexity index is 402. The lowest BCUT2D eigenvalue weighted by Crippen LogP contribution is -2.39. The summed E-state index contributed by atoms with van der Waals surface area (Å²) in [6.07, 6.45) is 0. The Morgan fingerprint density at radius 1 is 1.53 bits per heavy atom. The number of benzene rings is 1. The van der Waals surface area contributed by atoms with Gasteiger partial charge in [-0.25, -0.2) is 0 Å². The Hall–Kier alpha value is -1.55. The highest BCUT2D eigenvalue weighted by molar-refractivity contribution is 5.80. The summed E-state index contributed by atoms with van der Waals surface area (Å²) >= 11 is 0. The highest BCUT2D eigenvalue weighted by Crippen LogP contribution is 2.21. The molecule has 1 aromatic carbocycles. The number of carbonyl (C=O) groups excluding carboxylic acids is 1. The molecule has 2 N–H and O–H groups in total. The number of nitrogens with zero attached hydrogens (tertiary/aromatic N) is 1. The molecule has 1 rings (SSSR count). The van der Waals surface area contributed by atoms with E-state index in [9.17, 15) is 4.79 Å². The van der Waals surface area contributed by atoms with Crippen LogP contribution in [0.15, 0.2) is 18.2 Å². The smallest absolute Gasteiger partial charge is 0.239 e. The number of methoxy groups -OCH3 is 1. The van der Waals surface area contributed by atoms with Crippen LogP contribution in [0.5, 0.6) is 5.75 Å². The van der Waals surface area contributed by atoms with Gasteiger partial charge in [-0.1, -0.05) is 17.7 Å². The highest BCUT2D eigenvalue weighted by Gasteiger charge is 2.15. The van der Waals surface area contributed by atoms with Crippen molar-refractivity contribution in [2.24, 2.45) is 5.73 Å². The van der Waals surface area contributed by atoms with Gasteiger partial charge in [0.2, 0.25) is 5.91 Å². The number of aryl methyl sites for hydroxylation is 1. The predicted octanol–water partition coefficient (Wildman–Crippen LogP) is 1.31. The van der Waals surface area contributed by atoms with Gasteiger partial charge in [0.25, 0.3) is 0 Å². The Kier molecular flexibility index (Phi) is 4.52. The van der Waals surface area contributed by atoms with Crippen LogP contribution in [0.25, 0.3) is 0 Å². The lowest BCUT2D eigenvalue weighted by molar-refractivity contribution is -0.131. The van der Waals surface area contributed by atoms with Crippen LogP contribution in [0, 0.1) is 6.92 Å². The molecular weight excluding hydrogens is 216 g/mol. The number of likely N-dealkylation sites (N-methyl/N-ethyl adjacent to an activating group) is 1. The molecule has 1 aromatic rings. The van der Waals surface area contributed by atoms with Crippen molar-refractivity contribution < 1.29 is 9.53 Å². The standard InChI is InChI=1S/C13H20N2O2/c1-9-5-6-12(17-4)11(7-9)8-15(3)13(16)10(2)14/h5-7,10H,8,14H2,1-4H3. The summed E-state index contributed by atoms with van der Waals surface area (Å²) in [5.74, 6) is 0.716. The van der Waals surface area contributed by atoms with E-state index in [-0.39, 0.29) is 5.91 Å². The first-order valence-corrected chi connectivity index (χ1v) is 5.59. The third-order valence-electron chi connectivity index (χ3n) is 2.61. The first-order valence-electron chi connectivity index (χ1n) is 5.59. The SMILES string of the molecule is COc1ccc(C)cc1CN(C)C(=O)C(C)N. The van der Waals surface area contributed by atoms with Gasteiger partial charge in [0.1, 0.15) is 5.75 Å². The maximum absolute atomic E-state index is 11.7. The number of ether oxygens (including phenoxy) is 1. The third kappa shape index (κ3) is 3.46. The minimum Gasteiger partial charge on any atom is -0.496 e. The second-order valence-electron chi connectivity index (χ2n) is 4.30. The maximum atomic E-state index is 11.7. The van der Waals surface area contributed by atoms with Crippen LogP contribution in [0.4, 0.5) is 0 Å². The van der Waals surface area contributed by atoms with Crippen LogP contribution >= 0.6 is 0 Å². The largest absolute Gasteiger partial charge is 0.496 e. The van der Waals surface area contributed by atoms with E-state index in [0.29, 0.717) is 6.54 Å². The van der Waals surface area contributed by atoms with E-state index in [1.807, 2.05) is 25.1 Å². The summed E-state index contributed by atoms with van der Waals surface area (Å²) < 4.78 is 5.27. The van der Waals surface area contributed by atoms with Gasteiger partial charge in [-0.05, 0) is 19.9 Å². The van der Waals surface area contributed by atoms with Crippen molar-refractivity contribution in [3.63, 3.8) is 0 Å². The Morgan fingerprint density at radius 3 is 2.71 bits per heavy atom. The zero-order valence-corrected chi connectivity index (χ0v) is 10.9. The van der Waals surface area contributed by atoms with Crippen molar-refractivity contribution >= 4 is 5.91 Å². The van der Waals surface area contributed by atoms with Crippen LogP contribution in [-0.2, 0) is 11.3 Å². The number of hydrogen-bond acceptors (Lipinski definition) is 3. The summed E-state index contributed by atoms with van der Waals surface area (Å²) in [4.78, 5) is 13.3. The van der Waals surface area contributed by atoms with Crippen LogP contribution < -0.4 is 10.5 Å². The molecule has 1 amide bonds. The van der Waals surface area contributed by atoms with E-state index in [0.717, 1.165) is 16.9 Å². The van der Waals surface area contributed by atoms with Crippen LogP contribution in [0.1, 0.15) is 18.1 Å². The maximum Gasteiger partial charge on any atom is 0.239 e. The van der Waals surface area contributed by atoms with Gasteiger partial charge in [-0.2, -0.15) is 0 Å². The van der Waals surface area contributed by atoms with Crippen molar-refractivity contribution in [1.82, 2.24) is 4.90 Å². The van der Waals surface area contributed by atoms with Crippen molar-refractivity contribution in [2.45, 2.75) is 26.4 Å². The summed E-state index contributed by atoms with van der Waals surface area (Å²) in [5, 5.41) is 0. The van der Waals surface area contributed by atoms with E-state index in [2.05, 4.69) is 0 Å². The van der Waals surface area contributed by atoms with Gasteiger partial charge in [0, 0.05) is 19.2 Å². The molecule has 0 saturated carbocycles. The molecule has 0 saturated heterocycles. The summed E-state index contributed by atoms with van der Waals surface area (Å²) in [7, 11) is 3.37. The fourth-order valence-electron chi connectivity index (χ4n) is 1.71. The first kappa shape index (κ1) is 13.5. The minimum atomic E-state index is -0.476. The molecule has 0 aliphatic rings. The molecule has 0 radical (unpaired) electrons. The molecule has 17 heavy (non-hydrogen) atoms. The monoisotopic (exact) mass is 236 g/mol. The summed E-state index contributed by atoms with van der Waals surface area (Å²) in [6, 6.07) is 5.43.